The van der Waals surface area contributed by atoms with E-state index in [0.29, 0.717) is 17.2 Å². The highest BCUT2D eigenvalue weighted by molar-refractivity contribution is 5.90. The summed E-state index contributed by atoms with van der Waals surface area (Å²) in [5.74, 6) is -0.115. The highest BCUT2D eigenvalue weighted by Crippen LogP contribution is 2.25. The number of methoxy groups -OCH3 is 3. The largest absolute Gasteiger partial charge is 0.497 e. The number of ether oxygens (including phenoxy) is 3. The first-order valence-corrected chi connectivity index (χ1v) is 6.03. The maximum atomic E-state index is 11.7. The van der Waals surface area contributed by atoms with Crippen LogP contribution in [0.3, 0.4) is 0 Å². The van der Waals surface area contributed by atoms with Gasteiger partial charge >= 0.3 is 12.0 Å². The highest BCUT2D eigenvalue weighted by Gasteiger charge is 2.17. The van der Waals surface area contributed by atoms with Crippen LogP contribution >= 0.6 is 0 Å². The maximum Gasteiger partial charge on any atom is 0.334 e. The van der Waals surface area contributed by atoms with Crippen molar-refractivity contribution in [1.82, 2.24) is 5.32 Å². The molecule has 1 aromatic carbocycles. The number of anilines is 1. The summed E-state index contributed by atoms with van der Waals surface area (Å²) in [5.41, 5.74) is 0.452. The Morgan fingerprint density at radius 1 is 1.14 bits per heavy atom. The average Bonchev–Trinajstić information content (AvgIpc) is 2.46. The van der Waals surface area contributed by atoms with Gasteiger partial charge < -0.3 is 30.0 Å². The molecule has 0 fully saturated rings. The zero-order valence-electron chi connectivity index (χ0n) is 12.0. The van der Waals surface area contributed by atoms with E-state index in [2.05, 4.69) is 10.6 Å². The number of nitrogens with one attached hydrogen (secondary N) is 2. The van der Waals surface area contributed by atoms with Crippen molar-refractivity contribution in [3.05, 3.63) is 18.2 Å². The zero-order valence-corrected chi connectivity index (χ0v) is 12.0. The zero-order chi connectivity index (χ0) is 15.8. The summed E-state index contributed by atoms with van der Waals surface area (Å²) >= 11 is 0. The van der Waals surface area contributed by atoms with Crippen LogP contribution in [-0.2, 0) is 9.53 Å². The van der Waals surface area contributed by atoms with Gasteiger partial charge in [-0.2, -0.15) is 0 Å². The number of carboxylic acids is 1. The second-order valence-electron chi connectivity index (χ2n) is 4.00. The average molecular weight is 298 g/mol. The molecule has 0 aromatic heterocycles. The number of carbonyl (C=O) groups is 2. The predicted octanol–water partition coefficient (Wildman–Crippen LogP) is 0.925. The monoisotopic (exact) mass is 298 g/mol. The van der Waals surface area contributed by atoms with E-state index in [4.69, 9.17) is 19.3 Å². The van der Waals surface area contributed by atoms with E-state index < -0.39 is 18.1 Å². The van der Waals surface area contributed by atoms with Gasteiger partial charge in [-0.1, -0.05) is 0 Å². The van der Waals surface area contributed by atoms with Crippen LogP contribution in [0.5, 0.6) is 11.5 Å². The molecule has 0 radical (unpaired) electrons. The van der Waals surface area contributed by atoms with Gasteiger partial charge in [-0.05, 0) is 0 Å². The second-order valence-corrected chi connectivity index (χ2v) is 4.00. The molecule has 1 aromatic rings. The minimum Gasteiger partial charge on any atom is -0.497 e. The Kier molecular flexibility index (Phi) is 6.28. The maximum absolute atomic E-state index is 11.7. The molecule has 3 N–H and O–H groups in total. The van der Waals surface area contributed by atoms with E-state index in [0.717, 1.165) is 0 Å². The topological polar surface area (TPSA) is 106 Å². The lowest BCUT2D eigenvalue weighted by atomic mass is 10.3. The molecule has 116 valence electrons. The summed E-state index contributed by atoms with van der Waals surface area (Å²) in [6, 6.07) is 4.31. The number of aliphatic carboxylic acids is 1. The second kappa shape index (κ2) is 7.95. The fourth-order valence-electron chi connectivity index (χ4n) is 1.51. The fraction of sp³-hybridized carbons (Fsp3) is 0.385. The van der Waals surface area contributed by atoms with E-state index in [1.54, 1.807) is 18.2 Å². The first-order chi connectivity index (χ1) is 9.99. The summed E-state index contributed by atoms with van der Waals surface area (Å²) in [5, 5.41) is 13.7. The van der Waals surface area contributed by atoms with E-state index in [9.17, 15) is 9.59 Å². The molecule has 8 nitrogen and oxygen atoms in total. The molecule has 0 aliphatic rings. The number of amides is 2. The van der Waals surface area contributed by atoms with Gasteiger partial charge in [0.15, 0.2) is 6.10 Å². The molecule has 0 saturated heterocycles. The Balaban J connectivity index is 2.64. The van der Waals surface area contributed by atoms with Gasteiger partial charge in [-0.15, -0.1) is 0 Å². The van der Waals surface area contributed by atoms with Crippen molar-refractivity contribution in [3.63, 3.8) is 0 Å². The van der Waals surface area contributed by atoms with Gasteiger partial charge in [-0.25, -0.2) is 9.59 Å². The number of hydrogen-bond donors (Lipinski definition) is 3. The van der Waals surface area contributed by atoms with Gasteiger partial charge in [0.1, 0.15) is 11.5 Å². The molecule has 8 heteroatoms. The van der Waals surface area contributed by atoms with Crippen LogP contribution in [0.1, 0.15) is 0 Å². The van der Waals surface area contributed by atoms with Crippen LogP contribution in [0.15, 0.2) is 18.2 Å². The Morgan fingerprint density at radius 3 is 2.14 bits per heavy atom. The van der Waals surface area contributed by atoms with Crippen LogP contribution in [0.25, 0.3) is 0 Å². The normalized spacial score (nSPS) is 11.4. The van der Waals surface area contributed by atoms with Crippen LogP contribution in [-0.4, -0.2) is 51.1 Å². The summed E-state index contributed by atoms with van der Waals surface area (Å²) in [7, 11) is 4.24. The third-order valence-corrected chi connectivity index (χ3v) is 2.62. The molecule has 1 unspecified atom stereocenters. The Bertz CT molecular complexity index is 483. The molecular weight excluding hydrogens is 280 g/mol. The van der Waals surface area contributed by atoms with E-state index in [1.165, 1.54) is 21.3 Å². The van der Waals surface area contributed by atoms with Crippen molar-refractivity contribution < 1.29 is 28.9 Å². The smallest absolute Gasteiger partial charge is 0.334 e. The lowest BCUT2D eigenvalue weighted by Crippen LogP contribution is -2.39. The van der Waals surface area contributed by atoms with Gasteiger partial charge in [0.2, 0.25) is 0 Å². The molecule has 21 heavy (non-hydrogen) atoms. The Morgan fingerprint density at radius 2 is 1.71 bits per heavy atom. The molecule has 0 aliphatic carbocycles. The van der Waals surface area contributed by atoms with Crippen molar-refractivity contribution >= 4 is 17.7 Å². The van der Waals surface area contributed by atoms with Crippen molar-refractivity contribution in [3.8, 4) is 11.5 Å². The fourth-order valence-corrected chi connectivity index (χ4v) is 1.51. The lowest BCUT2D eigenvalue weighted by molar-refractivity contribution is -0.147. The molecule has 1 atom stereocenters. The van der Waals surface area contributed by atoms with Crippen molar-refractivity contribution in [1.29, 1.82) is 0 Å². The van der Waals surface area contributed by atoms with Gasteiger partial charge in [0.05, 0.1) is 20.8 Å². The number of carboxylic acid groups (broad SMARTS) is 1. The molecule has 0 bridgehead atoms. The van der Waals surface area contributed by atoms with Gasteiger partial charge in [-0.3, -0.25) is 0 Å². The van der Waals surface area contributed by atoms with E-state index >= 15 is 0 Å². The first kappa shape index (κ1) is 16.6. The third-order valence-electron chi connectivity index (χ3n) is 2.62. The lowest BCUT2D eigenvalue weighted by Gasteiger charge is -2.13. The molecule has 0 aliphatic heterocycles. The van der Waals surface area contributed by atoms with E-state index in [1.807, 2.05) is 0 Å². The quantitative estimate of drug-likeness (QED) is 0.691. The van der Waals surface area contributed by atoms with Crippen LogP contribution in [0.4, 0.5) is 10.5 Å². The Hall–Kier alpha value is -2.48. The predicted molar refractivity (Wildman–Crippen MR) is 75.0 cm³/mol. The SMILES string of the molecule is COc1cc(NC(=O)NCC(OC)C(=O)O)cc(OC)c1. The number of rotatable bonds is 7. The standard InChI is InChI=1S/C13H18N2O6/c1-19-9-4-8(5-10(6-9)20-2)15-13(18)14-7-11(21-3)12(16)17/h4-6,11H,7H2,1-3H3,(H,16,17)(H2,14,15,18). The summed E-state index contributed by atoms with van der Waals surface area (Å²) < 4.78 is 14.9. The van der Waals surface area contributed by atoms with Gasteiger partial charge in [0, 0.05) is 31.0 Å². The van der Waals surface area contributed by atoms with Crippen molar-refractivity contribution in [2.75, 3.05) is 33.2 Å². The molecule has 0 heterocycles. The minimum absolute atomic E-state index is 0.154. The van der Waals surface area contributed by atoms with Crippen molar-refractivity contribution in [2.24, 2.45) is 0 Å². The van der Waals surface area contributed by atoms with E-state index in [-0.39, 0.29) is 6.54 Å². The minimum atomic E-state index is -1.15. The molecular formula is C13H18N2O6. The molecule has 0 saturated carbocycles. The molecule has 0 spiro atoms. The third kappa shape index (κ3) is 5.19. The van der Waals surface area contributed by atoms with Crippen LogP contribution in [0.2, 0.25) is 0 Å². The summed E-state index contributed by atoms with van der Waals surface area (Å²) in [6.45, 7) is -0.154. The Labute approximate surface area is 122 Å². The highest BCUT2D eigenvalue weighted by atomic mass is 16.5. The molecule has 1 rings (SSSR count). The first-order valence-electron chi connectivity index (χ1n) is 6.03. The van der Waals surface area contributed by atoms with Gasteiger partial charge in [0.25, 0.3) is 0 Å². The van der Waals surface area contributed by atoms with Crippen molar-refractivity contribution in [2.45, 2.75) is 6.10 Å². The number of hydrogen-bond acceptors (Lipinski definition) is 5. The number of urea groups is 1. The van der Waals surface area contributed by atoms with Crippen LogP contribution in [0, 0.1) is 0 Å². The summed E-state index contributed by atoms with van der Waals surface area (Å²) in [6.07, 6.45) is -1.10. The van der Waals surface area contributed by atoms with Crippen LogP contribution < -0.4 is 20.1 Å². The number of benzene rings is 1. The number of carbonyl (C=O) groups excluding carboxylic acids is 1. The summed E-state index contributed by atoms with van der Waals surface area (Å²) in [4.78, 5) is 22.4. The molecule has 2 amide bonds.